The van der Waals surface area contributed by atoms with Crippen molar-refractivity contribution < 1.29 is 9.59 Å². The molecule has 0 saturated heterocycles. The highest BCUT2D eigenvalue weighted by Crippen LogP contribution is 2.40. The Hall–Kier alpha value is -2.96. The van der Waals surface area contributed by atoms with Crippen LogP contribution in [0, 0.1) is 5.92 Å². The number of benzene rings is 3. The average Bonchev–Trinajstić information content (AvgIpc) is 3.16. The third-order valence-electron chi connectivity index (χ3n) is 6.12. The van der Waals surface area contributed by atoms with Gasteiger partial charge in [0.25, 0.3) is 11.8 Å². The van der Waals surface area contributed by atoms with E-state index in [9.17, 15) is 9.59 Å². The van der Waals surface area contributed by atoms with Gasteiger partial charge in [-0.3, -0.25) is 9.59 Å². The number of halogens is 1. The second kappa shape index (κ2) is 9.12. The molecule has 0 fully saturated rings. The van der Waals surface area contributed by atoms with E-state index in [0.717, 1.165) is 45.8 Å². The van der Waals surface area contributed by atoms with Crippen molar-refractivity contribution in [3.05, 3.63) is 92.8 Å². The number of hydrogen-bond acceptors (Lipinski definition) is 3. The van der Waals surface area contributed by atoms with E-state index in [1.54, 1.807) is 6.07 Å². The number of anilines is 2. The fourth-order valence-corrected chi connectivity index (χ4v) is 6.28. The number of carbonyl (C=O) groups is 2. The summed E-state index contributed by atoms with van der Waals surface area (Å²) in [5, 5.41) is 8.83. The van der Waals surface area contributed by atoms with Crippen molar-refractivity contribution in [1.29, 1.82) is 0 Å². The fraction of sp³-hybridized carbons (Fsp3) is 0.185. The highest BCUT2D eigenvalue weighted by atomic mass is 79.9. The van der Waals surface area contributed by atoms with Crippen molar-refractivity contribution >= 4 is 60.5 Å². The summed E-state index contributed by atoms with van der Waals surface area (Å²) in [5.41, 5.74) is 2.97. The first-order chi connectivity index (χ1) is 16.0. The van der Waals surface area contributed by atoms with Crippen LogP contribution in [0.1, 0.15) is 44.5 Å². The van der Waals surface area contributed by atoms with Gasteiger partial charge in [0.05, 0.1) is 11.1 Å². The van der Waals surface area contributed by atoms with Gasteiger partial charge in [0, 0.05) is 20.4 Å². The Kier molecular flexibility index (Phi) is 6.04. The molecule has 1 atom stereocenters. The summed E-state index contributed by atoms with van der Waals surface area (Å²) >= 11 is 4.98. The molecule has 3 aromatic carbocycles. The molecular formula is C27H23BrN2O2S. The minimum Gasteiger partial charge on any atom is -0.321 e. The van der Waals surface area contributed by atoms with Gasteiger partial charge in [0.1, 0.15) is 5.00 Å². The second-order valence-electron chi connectivity index (χ2n) is 8.47. The summed E-state index contributed by atoms with van der Waals surface area (Å²) in [6.45, 7) is 2.23. The Labute approximate surface area is 205 Å². The van der Waals surface area contributed by atoms with Crippen molar-refractivity contribution in [2.45, 2.75) is 26.2 Å². The van der Waals surface area contributed by atoms with Crippen LogP contribution in [0.5, 0.6) is 0 Å². The van der Waals surface area contributed by atoms with E-state index < -0.39 is 0 Å². The molecule has 6 heteroatoms. The predicted octanol–water partition coefficient (Wildman–Crippen LogP) is 7.29. The first-order valence-electron chi connectivity index (χ1n) is 11.0. The van der Waals surface area contributed by atoms with Crippen molar-refractivity contribution in [2.24, 2.45) is 5.92 Å². The van der Waals surface area contributed by atoms with Crippen molar-refractivity contribution in [3.63, 3.8) is 0 Å². The van der Waals surface area contributed by atoms with E-state index >= 15 is 0 Å². The van der Waals surface area contributed by atoms with Crippen molar-refractivity contribution in [3.8, 4) is 0 Å². The lowest BCUT2D eigenvalue weighted by Crippen LogP contribution is -2.19. The van der Waals surface area contributed by atoms with E-state index in [-0.39, 0.29) is 11.8 Å². The Morgan fingerprint density at radius 3 is 2.55 bits per heavy atom. The van der Waals surface area contributed by atoms with Gasteiger partial charge < -0.3 is 10.6 Å². The van der Waals surface area contributed by atoms with Gasteiger partial charge in [-0.1, -0.05) is 55.5 Å². The SMILES string of the molecule is C[C@H]1CCc2c(sc(NC(=O)c3ccccc3Br)c2C(=O)Nc2cccc3ccccc23)C1. The summed E-state index contributed by atoms with van der Waals surface area (Å²) in [6, 6.07) is 21.2. The maximum absolute atomic E-state index is 13.6. The van der Waals surface area contributed by atoms with E-state index in [0.29, 0.717) is 22.0 Å². The third-order valence-corrected chi connectivity index (χ3v) is 7.98. The molecule has 0 unspecified atom stereocenters. The Balaban J connectivity index is 1.52. The molecule has 0 bridgehead atoms. The topological polar surface area (TPSA) is 58.2 Å². The maximum atomic E-state index is 13.6. The van der Waals surface area contributed by atoms with Crippen LogP contribution >= 0.6 is 27.3 Å². The van der Waals surface area contributed by atoms with Gasteiger partial charge in [-0.2, -0.15) is 0 Å². The molecule has 5 rings (SSSR count). The van der Waals surface area contributed by atoms with Gasteiger partial charge in [-0.05, 0) is 70.3 Å². The molecule has 0 saturated carbocycles. The maximum Gasteiger partial charge on any atom is 0.258 e. The lowest BCUT2D eigenvalue weighted by molar-refractivity contribution is 0.102. The number of hydrogen-bond donors (Lipinski definition) is 2. The van der Waals surface area contributed by atoms with E-state index in [4.69, 9.17) is 0 Å². The zero-order chi connectivity index (χ0) is 22.9. The Morgan fingerprint density at radius 2 is 1.70 bits per heavy atom. The summed E-state index contributed by atoms with van der Waals surface area (Å²) in [6.07, 6.45) is 2.81. The molecule has 4 nitrogen and oxygen atoms in total. The van der Waals surface area contributed by atoms with E-state index in [1.807, 2.05) is 60.7 Å². The molecule has 1 aromatic heterocycles. The molecule has 166 valence electrons. The first kappa shape index (κ1) is 21.9. The molecule has 2 N–H and O–H groups in total. The van der Waals surface area contributed by atoms with Gasteiger partial charge in [0.2, 0.25) is 0 Å². The molecule has 1 heterocycles. The van der Waals surface area contributed by atoms with Crippen molar-refractivity contribution in [2.75, 3.05) is 10.6 Å². The van der Waals surface area contributed by atoms with Crippen LogP contribution in [0.15, 0.2) is 71.2 Å². The molecule has 2 amide bonds. The average molecular weight is 519 g/mol. The Morgan fingerprint density at radius 1 is 0.939 bits per heavy atom. The molecule has 0 aliphatic heterocycles. The van der Waals surface area contributed by atoms with Gasteiger partial charge in [-0.25, -0.2) is 0 Å². The summed E-state index contributed by atoms with van der Waals surface area (Å²) in [4.78, 5) is 27.9. The number of amides is 2. The summed E-state index contributed by atoms with van der Waals surface area (Å²) < 4.78 is 0.721. The van der Waals surface area contributed by atoms with Crippen LogP contribution in [-0.2, 0) is 12.8 Å². The quantitative estimate of drug-likeness (QED) is 0.297. The van der Waals surface area contributed by atoms with E-state index in [1.165, 1.54) is 16.2 Å². The zero-order valence-corrected chi connectivity index (χ0v) is 20.6. The standard InChI is InChI=1S/C27H23BrN2O2S/c1-16-13-14-20-23(15-16)33-27(30-25(31)19-10-4-5-11-21(19)28)24(20)26(32)29-22-12-6-8-17-7-2-3-9-18(17)22/h2-12,16H,13-15H2,1H3,(H,29,32)(H,30,31)/t16-/m0/s1. The fourth-order valence-electron chi connectivity index (χ4n) is 4.41. The van der Waals surface area contributed by atoms with Crippen LogP contribution in [0.3, 0.4) is 0 Å². The number of nitrogens with one attached hydrogen (secondary N) is 2. The van der Waals surface area contributed by atoms with Gasteiger partial charge in [-0.15, -0.1) is 11.3 Å². The molecule has 33 heavy (non-hydrogen) atoms. The minimum atomic E-state index is -0.228. The normalized spacial score (nSPS) is 15.2. The van der Waals surface area contributed by atoms with E-state index in [2.05, 4.69) is 33.5 Å². The van der Waals surface area contributed by atoms with Gasteiger partial charge >= 0.3 is 0 Å². The van der Waals surface area contributed by atoms with Crippen LogP contribution in [0.25, 0.3) is 10.8 Å². The lowest BCUT2D eigenvalue weighted by Gasteiger charge is -2.19. The molecule has 0 spiro atoms. The molecule has 1 aliphatic carbocycles. The highest BCUT2D eigenvalue weighted by molar-refractivity contribution is 9.10. The number of rotatable bonds is 4. The Bertz CT molecular complexity index is 1370. The third kappa shape index (κ3) is 4.33. The number of fused-ring (bicyclic) bond motifs is 2. The highest BCUT2D eigenvalue weighted by Gasteiger charge is 2.29. The molecule has 0 radical (unpaired) electrons. The van der Waals surface area contributed by atoms with Crippen LogP contribution in [0.4, 0.5) is 10.7 Å². The predicted molar refractivity (Wildman–Crippen MR) is 140 cm³/mol. The van der Waals surface area contributed by atoms with Crippen LogP contribution in [0.2, 0.25) is 0 Å². The van der Waals surface area contributed by atoms with Crippen LogP contribution < -0.4 is 10.6 Å². The molecule has 1 aliphatic rings. The first-order valence-corrected chi connectivity index (χ1v) is 12.6. The smallest absolute Gasteiger partial charge is 0.258 e. The number of carbonyl (C=O) groups excluding carboxylic acids is 2. The largest absolute Gasteiger partial charge is 0.321 e. The minimum absolute atomic E-state index is 0.180. The summed E-state index contributed by atoms with van der Waals surface area (Å²) in [5.74, 6) is 0.158. The molecule has 4 aromatic rings. The van der Waals surface area contributed by atoms with Gasteiger partial charge in [0.15, 0.2) is 0 Å². The van der Waals surface area contributed by atoms with Crippen LogP contribution in [-0.4, -0.2) is 11.8 Å². The second-order valence-corrected chi connectivity index (χ2v) is 10.4. The summed E-state index contributed by atoms with van der Waals surface area (Å²) in [7, 11) is 0. The van der Waals surface area contributed by atoms with Crippen molar-refractivity contribution in [1.82, 2.24) is 0 Å². The molecular weight excluding hydrogens is 496 g/mol. The number of thiophene rings is 1. The monoisotopic (exact) mass is 518 g/mol. The zero-order valence-electron chi connectivity index (χ0n) is 18.2. The lowest BCUT2D eigenvalue weighted by atomic mass is 9.88.